The number of nitrogens with zero attached hydrogens (tertiary/aromatic N) is 3. The predicted molar refractivity (Wildman–Crippen MR) is 119 cm³/mol. The molecule has 4 N–H and O–H groups in total. The fourth-order valence-corrected chi connectivity index (χ4v) is 3.20. The zero-order chi connectivity index (χ0) is 23.6. The molecule has 0 aliphatic carbocycles. The third kappa shape index (κ3) is 5.22. The molecule has 10 heteroatoms. The third-order valence-electron chi connectivity index (χ3n) is 4.78. The maximum Gasteiger partial charge on any atom is 0.422 e. The van der Waals surface area contributed by atoms with E-state index in [9.17, 15) is 13.2 Å². The minimum atomic E-state index is -4.49. The number of pyridine rings is 1. The molecule has 2 aromatic heterocycles. The third-order valence-corrected chi connectivity index (χ3v) is 4.78. The SMILES string of the molecule is Cc1cc(-c2nc(N)c3cc(N)c(OCC(F)(F)F)cc3n2)ccc1OCc1ccccn1. The van der Waals surface area contributed by atoms with Crippen LogP contribution in [0, 0.1) is 6.92 Å². The van der Waals surface area contributed by atoms with E-state index in [1.807, 2.05) is 31.2 Å². The molecule has 33 heavy (non-hydrogen) atoms. The van der Waals surface area contributed by atoms with Crippen LogP contribution in [0.5, 0.6) is 11.5 Å². The minimum Gasteiger partial charge on any atom is -0.487 e. The fourth-order valence-electron chi connectivity index (χ4n) is 3.20. The summed E-state index contributed by atoms with van der Waals surface area (Å²) in [6.45, 7) is 0.739. The van der Waals surface area contributed by atoms with Gasteiger partial charge in [0.1, 0.15) is 23.9 Å². The maximum atomic E-state index is 12.5. The number of nitrogens with two attached hydrogens (primary N) is 2. The van der Waals surface area contributed by atoms with Gasteiger partial charge in [0.15, 0.2) is 12.4 Å². The molecule has 2 aromatic carbocycles. The Labute approximate surface area is 187 Å². The second-order valence-corrected chi connectivity index (χ2v) is 7.33. The number of benzene rings is 2. The molecule has 2 heterocycles. The van der Waals surface area contributed by atoms with Crippen LogP contribution in [0.15, 0.2) is 54.7 Å². The molecule has 0 saturated heterocycles. The molecular formula is C23H20F3N5O2. The van der Waals surface area contributed by atoms with E-state index in [1.165, 1.54) is 12.1 Å². The van der Waals surface area contributed by atoms with Crippen LogP contribution in [0.3, 0.4) is 0 Å². The number of ether oxygens (including phenoxy) is 2. The number of hydrogen-bond acceptors (Lipinski definition) is 7. The Bertz CT molecular complexity index is 1300. The Balaban J connectivity index is 1.61. The standard InChI is InChI=1S/C23H20F3N5O2/c1-13-8-14(5-6-19(13)32-11-15-4-2-3-7-29-15)22-30-18-10-20(33-12-23(24,25)26)17(27)9-16(18)21(28)31-22/h2-10H,11-12,27H2,1H3,(H2,28,30,31). The van der Waals surface area contributed by atoms with E-state index in [2.05, 4.69) is 15.0 Å². The second-order valence-electron chi connectivity index (χ2n) is 7.33. The summed E-state index contributed by atoms with van der Waals surface area (Å²) in [4.78, 5) is 13.0. The van der Waals surface area contributed by atoms with Crippen LogP contribution >= 0.6 is 0 Å². The topological polar surface area (TPSA) is 109 Å². The largest absolute Gasteiger partial charge is 0.487 e. The lowest BCUT2D eigenvalue weighted by atomic mass is 10.1. The van der Waals surface area contributed by atoms with Crippen molar-refractivity contribution in [1.29, 1.82) is 0 Å². The van der Waals surface area contributed by atoms with Crippen LogP contribution in [-0.4, -0.2) is 27.7 Å². The van der Waals surface area contributed by atoms with Crippen LogP contribution in [-0.2, 0) is 6.61 Å². The number of fused-ring (bicyclic) bond motifs is 1. The molecule has 0 saturated carbocycles. The van der Waals surface area contributed by atoms with Crippen molar-refractivity contribution in [2.24, 2.45) is 0 Å². The normalized spacial score (nSPS) is 11.5. The van der Waals surface area contributed by atoms with Crippen molar-refractivity contribution >= 4 is 22.4 Å². The first-order chi connectivity index (χ1) is 15.7. The van der Waals surface area contributed by atoms with E-state index in [0.29, 0.717) is 34.6 Å². The first-order valence-corrected chi connectivity index (χ1v) is 9.89. The van der Waals surface area contributed by atoms with Gasteiger partial charge >= 0.3 is 6.18 Å². The number of aromatic nitrogens is 3. The first-order valence-electron chi connectivity index (χ1n) is 9.89. The lowest BCUT2D eigenvalue weighted by Crippen LogP contribution is -2.19. The fraction of sp³-hybridized carbons (Fsp3) is 0.174. The van der Waals surface area contributed by atoms with Crippen molar-refractivity contribution in [2.75, 3.05) is 18.1 Å². The molecule has 0 spiro atoms. The van der Waals surface area contributed by atoms with E-state index < -0.39 is 12.8 Å². The van der Waals surface area contributed by atoms with Crippen molar-refractivity contribution < 1.29 is 22.6 Å². The van der Waals surface area contributed by atoms with Gasteiger partial charge < -0.3 is 20.9 Å². The Hall–Kier alpha value is -4.08. The number of hydrogen-bond donors (Lipinski definition) is 2. The zero-order valence-corrected chi connectivity index (χ0v) is 17.6. The average molecular weight is 455 g/mol. The molecule has 170 valence electrons. The highest BCUT2D eigenvalue weighted by Gasteiger charge is 2.29. The first kappa shape index (κ1) is 22.1. The molecule has 0 fully saturated rings. The molecule has 7 nitrogen and oxygen atoms in total. The van der Waals surface area contributed by atoms with E-state index >= 15 is 0 Å². The highest BCUT2D eigenvalue weighted by molar-refractivity contribution is 5.93. The van der Waals surface area contributed by atoms with Crippen LogP contribution in [0.1, 0.15) is 11.3 Å². The summed E-state index contributed by atoms with van der Waals surface area (Å²) in [5.74, 6) is 1.01. The molecule has 0 aliphatic heterocycles. The van der Waals surface area contributed by atoms with Gasteiger partial charge in [0.2, 0.25) is 0 Å². The lowest BCUT2D eigenvalue weighted by molar-refractivity contribution is -0.153. The molecule has 4 rings (SSSR count). The van der Waals surface area contributed by atoms with Crippen LogP contribution in [0.25, 0.3) is 22.3 Å². The highest BCUT2D eigenvalue weighted by Crippen LogP contribution is 2.33. The number of anilines is 2. The van der Waals surface area contributed by atoms with Gasteiger partial charge in [-0.2, -0.15) is 13.2 Å². The van der Waals surface area contributed by atoms with Gasteiger partial charge in [-0.05, 0) is 48.9 Å². The zero-order valence-electron chi connectivity index (χ0n) is 17.6. The Morgan fingerprint density at radius 3 is 2.45 bits per heavy atom. The van der Waals surface area contributed by atoms with Crippen LogP contribution in [0.2, 0.25) is 0 Å². The van der Waals surface area contributed by atoms with E-state index in [-0.39, 0.29) is 17.3 Å². The molecule has 0 atom stereocenters. The molecule has 4 aromatic rings. The number of rotatable bonds is 6. The van der Waals surface area contributed by atoms with Gasteiger partial charge in [0, 0.05) is 23.2 Å². The summed E-state index contributed by atoms with van der Waals surface area (Å²) in [5, 5.41) is 0.419. The van der Waals surface area contributed by atoms with Crippen molar-refractivity contribution in [3.63, 3.8) is 0 Å². The van der Waals surface area contributed by atoms with E-state index in [4.69, 9.17) is 20.9 Å². The van der Waals surface area contributed by atoms with Gasteiger partial charge in [-0.1, -0.05) is 6.07 Å². The molecular weight excluding hydrogens is 435 g/mol. The average Bonchev–Trinajstić information content (AvgIpc) is 2.77. The van der Waals surface area contributed by atoms with Crippen molar-refractivity contribution in [3.8, 4) is 22.9 Å². The molecule has 0 unspecified atom stereocenters. The van der Waals surface area contributed by atoms with Crippen LogP contribution in [0.4, 0.5) is 24.7 Å². The van der Waals surface area contributed by atoms with Gasteiger partial charge in [-0.3, -0.25) is 4.98 Å². The quantitative estimate of drug-likeness (QED) is 0.406. The number of aryl methyl sites for hydroxylation is 1. The molecule has 0 bridgehead atoms. The minimum absolute atomic E-state index is 0.0139. The van der Waals surface area contributed by atoms with Crippen molar-refractivity contribution in [3.05, 3.63) is 66.0 Å². The highest BCUT2D eigenvalue weighted by atomic mass is 19.4. The Morgan fingerprint density at radius 2 is 1.76 bits per heavy atom. The summed E-state index contributed by atoms with van der Waals surface area (Å²) >= 11 is 0. The van der Waals surface area contributed by atoms with Gasteiger partial charge in [0.05, 0.1) is 16.9 Å². The predicted octanol–water partition coefficient (Wildman–Crippen LogP) is 4.68. The monoisotopic (exact) mass is 455 g/mol. The van der Waals surface area contributed by atoms with Gasteiger partial charge in [-0.15, -0.1) is 0 Å². The summed E-state index contributed by atoms with van der Waals surface area (Å²) in [6, 6.07) is 13.7. The summed E-state index contributed by atoms with van der Waals surface area (Å²) in [7, 11) is 0. The van der Waals surface area contributed by atoms with Gasteiger partial charge in [0.25, 0.3) is 0 Å². The van der Waals surface area contributed by atoms with E-state index in [0.717, 1.165) is 11.3 Å². The van der Waals surface area contributed by atoms with Crippen LogP contribution < -0.4 is 20.9 Å². The smallest absolute Gasteiger partial charge is 0.422 e. The van der Waals surface area contributed by atoms with Gasteiger partial charge in [-0.25, -0.2) is 9.97 Å². The second kappa shape index (κ2) is 8.81. The lowest BCUT2D eigenvalue weighted by Gasteiger charge is -2.13. The van der Waals surface area contributed by atoms with Crippen molar-refractivity contribution in [2.45, 2.75) is 19.7 Å². The summed E-state index contributed by atoms with van der Waals surface area (Å²) in [5.41, 5.74) is 14.5. The van der Waals surface area contributed by atoms with Crippen molar-refractivity contribution in [1.82, 2.24) is 15.0 Å². The maximum absolute atomic E-state index is 12.5. The molecule has 0 amide bonds. The summed E-state index contributed by atoms with van der Waals surface area (Å²) in [6.07, 6.45) is -2.79. The number of halogens is 3. The summed E-state index contributed by atoms with van der Waals surface area (Å²) < 4.78 is 48.3. The number of alkyl halides is 3. The Kier molecular flexibility index (Phi) is 5.91. The number of nitrogen functional groups attached to an aromatic ring is 2. The van der Waals surface area contributed by atoms with E-state index in [1.54, 1.807) is 18.3 Å². The Morgan fingerprint density at radius 1 is 0.939 bits per heavy atom. The molecule has 0 radical (unpaired) electrons. The molecule has 0 aliphatic rings.